The Morgan fingerprint density at radius 1 is 1.32 bits per heavy atom. The van der Waals surface area contributed by atoms with Crippen molar-refractivity contribution in [2.45, 2.75) is 32.5 Å². The first-order valence-corrected chi connectivity index (χ1v) is 8.62. The largest absolute Gasteiger partial charge is 0.392 e. The highest BCUT2D eigenvalue weighted by atomic mass is 19.1. The van der Waals surface area contributed by atoms with Gasteiger partial charge in [0, 0.05) is 44.3 Å². The number of rotatable bonds is 6. The molecule has 0 saturated carbocycles. The lowest BCUT2D eigenvalue weighted by molar-refractivity contribution is -0.00834. The van der Waals surface area contributed by atoms with Gasteiger partial charge in [0.2, 0.25) is 0 Å². The molecule has 0 atom stereocenters. The number of guanidine groups is 1. The molecule has 0 unspecified atom stereocenters. The maximum absolute atomic E-state index is 13.4. The van der Waals surface area contributed by atoms with E-state index >= 15 is 0 Å². The zero-order chi connectivity index (χ0) is 18.3. The molecule has 7 heteroatoms. The molecule has 140 valence electrons. The lowest BCUT2D eigenvalue weighted by Crippen LogP contribution is -2.56. The molecule has 0 bridgehead atoms. The highest BCUT2D eigenvalue weighted by molar-refractivity contribution is 5.79. The van der Waals surface area contributed by atoms with E-state index in [4.69, 9.17) is 9.84 Å². The minimum Gasteiger partial charge on any atom is -0.392 e. The van der Waals surface area contributed by atoms with Crippen molar-refractivity contribution in [3.8, 4) is 0 Å². The van der Waals surface area contributed by atoms with E-state index in [2.05, 4.69) is 34.4 Å². The lowest BCUT2D eigenvalue weighted by atomic mass is 10.0. The third-order valence-corrected chi connectivity index (χ3v) is 4.52. The summed E-state index contributed by atoms with van der Waals surface area (Å²) in [6, 6.07) is 4.74. The second-order valence-electron chi connectivity index (χ2n) is 6.78. The lowest BCUT2D eigenvalue weighted by Gasteiger charge is -2.41. The van der Waals surface area contributed by atoms with Crippen LogP contribution in [0.15, 0.2) is 23.2 Å². The number of nitrogens with one attached hydrogen (secondary N) is 2. The van der Waals surface area contributed by atoms with Gasteiger partial charge in [-0.2, -0.15) is 0 Å². The molecule has 1 aliphatic rings. The number of hydrogen-bond donors (Lipinski definition) is 3. The van der Waals surface area contributed by atoms with Gasteiger partial charge in [0.15, 0.2) is 5.96 Å². The fourth-order valence-electron chi connectivity index (χ4n) is 2.85. The van der Waals surface area contributed by atoms with Crippen LogP contribution in [0.3, 0.4) is 0 Å². The molecular weight excluding hydrogens is 323 g/mol. The summed E-state index contributed by atoms with van der Waals surface area (Å²) in [7, 11) is 1.72. The van der Waals surface area contributed by atoms with Crippen molar-refractivity contribution in [3.05, 3.63) is 35.1 Å². The highest BCUT2D eigenvalue weighted by Crippen LogP contribution is 2.15. The summed E-state index contributed by atoms with van der Waals surface area (Å²) in [5.74, 6) is 0.303. The number of aliphatic imine (C=N–C) groups is 1. The van der Waals surface area contributed by atoms with Gasteiger partial charge in [-0.1, -0.05) is 6.07 Å². The van der Waals surface area contributed by atoms with Crippen molar-refractivity contribution < 1.29 is 14.2 Å². The van der Waals surface area contributed by atoms with Crippen LogP contribution < -0.4 is 10.6 Å². The third-order valence-electron chi connectivity index (χ3n) is 4.52. The standard InChI is InChI=1S/C18H29FN4O2/c1-18(2,23-6-8-25-9-7-23)13-22-17(20-3)21-11-14-4-5-16(19)15(10-14)12-24/h4-5,10,24H,6-9,11-13H2,1-3H3,(H2,20,21,22). The van der Waals surface area contributed by atoms with Crippen molar-refractivity contribution in [1.29, 1.82) is 0 Å². The van der Waals surface area contributed by atoms with E-state index in [9.17, 15) is 4.39 Å². The second kappa shape index (κ2) is 9.12. The quantitative estimate of drug-likeness (QED) is 0.528. The zero-order valence-corrected chi connectivity index (χ0v) is 15.3. The molecule has 0 spiro atoms. The topological polar surface area (TPSA) is 69.1 Å². The third kappa shape index (κ3) is 5.66. The van der Waals surface area contributed by atoms with Crippen molar-refractivity contribution in [3.63, 3.8) is 0 Å². The Balaban J connectivity index is 1.86. The van der Waals surface area contributed by atoms with Gasteiger partial charge in [-0.05, 0) is 31.5 Å². The average molecular weight is 352 g/mol. The van der Waals surface area contributed by atoms with E-state index < -0.39 is 0 Å². The summed E-state index contributed by atoms with van der Waals surface area (Å²) in [6.45, 7) is 8.75. The van der Waals surface area contributed by atoms with Crippen LogP contribution in [-0.4, -0.2) is 61.4 Å². The van der Waals surface area contributed by atoms with E-state index in [1.165, 1.54) is 6.07 Å². The van der Waals surface area contributed by atoms with Crippen LogP contribution >= 0.6 is 0 Å². The predicted molar refractivity (Wildman–Crippen MR) is 97.0 cm³/mol. The zero-order valence-electron chi connectivity index (χ0n) is 15.3. The molecule has 1 aliphatic heterocycles. The van der Waals surface area contributed by atoms with Crippen LogP contribution in [0.2, 0.25) is 0 Å². The Labute approximate surface area is 149 Å². The fraction of sp³-hybridized carbons (Fsp3) is 0.611. The summed E-state index contributed by atoms with van der Waals surface area (Å²) >= 11 is 0. The number of aliphatic hydroxyl groups excluding tert-OH is 1. The average Bonchev–Trinajstić information content (AvgIpc) is 2.63. The van der Waals surface area contributed by atoms with Crippen LogP contribution in [0.5, 0.6) is 0 Å². The van der Waals surface area contributed by atoms with Gasteiger partial charge in [0.05, 0.1) is 19.8 Å². The minimum absolute atomic E-state index is 0.0126. The van der Waals surface area contributed by atoms with Gasteiger partial charge in [0.25, 0.3) is 0 Å². The first kappa shape index (κ1) is 19.6. The Bertz CT molecular complexity index is 586. The molecule has 0 aromatic heterocycles. The highest BCUT2D eigenvalue weighted by Gasteiger charge is 2.28. The van der Waals surface area contributed by atoms with Crippen molar-refractivity contribution in [1.82, 2.24) is 15.5 Å². The number of benzene rings is 1. The van der Waals surface area contributed by atoms with Gasteiger partial charge >= 0.3 is 0 Å². The molecule has 0 aliphatic carbocycles. The number of ether oxygens (including phenoxy) is 1. The van der Waals surface area contributed by atoms with Gasteiger partial charge < -0.3 is 20.5 Å². The second-order valence-corrected chi connectivity index (χ2v) is 6.78. The molecule has 0 radical (unpaired) electrons. The van der Waals surface area contributed by atoms with Crippen molar-refractivity contribution in [2.75, 3.05) is 39.9 Å². The van der Waals surface area contributed by atoms with Crippen molar-refractivity contribution >= 4 is 5.96 Å². The molecule has 1 aromatic carbocycles. The van der Waals surface area contributed by atoms with Gasteiger partial charge in [0.1, 0.15) is 5.82 Å². The van der Waals surface area contributed by atoms with E-state index in [0.717, 1.165) is 38.4 Å². The van der Waals surface area contributed by atoms with Gasteiger partial charge in [-0.15, -0.1) is 0 Å². The number of hydrogen-bond acceptors (Lipinski definition) is 4. The number of morpholine rings is 1. The summed E-state index contributed by atoms with van der Waals surface area (Å²) in [4.78, 5) is 6.65. The summed E-state index contributed by atoms with van der Waals surface area (Å²) < 4.78 is 18.8. The van der Waals surface area contributed by atoms with Crippen LogP contribution in [0.25, 0.3) is 0 Å². The van der Waals surface area contributed by atoms with E-state index in [0.29, 0.717) is 18.1 Å². The van der Waals surface area contributed by atoms with Gasteiger partial charge in [-0.25, -0.2) is 4.39 Å². The van der Waals surface area contributed by atoms with E-state index in [1.54, 1.807) is 19.2 Å². The minimum atomic E-state index is -0.388. The molecule has 3 N–H and O–H groups in total. The molecule has 1 aromatic rings. The maximum atomic E-state index is 13.4. The normalized spacial score (nSPS) is 16.8. The Kier molecular flexibility index (Phi) is 7.16. The molecule has 1 saturated heterocycles. The van der Waals surface area contributed by atoms with Crippen LogP contribution in [0, 0.1) is 5.82 Å². The molecule has 2 rings (SSSR count). The fourth-order valence-corrected chi connectivity index (χ4v) is 2.85. The summed E-state index contributed by atoms with van der Waals surface area (Å²) in [6.07, 6.45) is 0. The molecule has 6 nitrogen and oxygen atoms in total. The Morgan fingerprint density at radius 3 is 2.68 bits per heavy atom. The first-order chi connectivity index (χ1) is 12.0. The molecule has 25 heavy (non-hydrogen) atoms. The Morgan fingerprint density at radius 2 is 2.04 bits per heavy atom. The first-order valence-electron chi connectivity index (χ1n) is 8.62. The maximum Gasteiger partial charge on any atom is 0.191 e. The van der Waals surface area contributed by atoms with Crippen LogP contribution in [0.4, 0.5) is 4.39 Å². The number of halogens is 1. The predicted octanol–water partition coefficient (Wildman–Crippen LogP) is 1.09. The molecular formula is C18H29FN4O2. The number of aliphatic hydroxyl groups is 1. The van der Waals surface area contributed by atoms with Crippen LogP contribution in [0.1, 0.15) is 25.0 Å². The molecule has 0 amide bonds. The molecule has 1 fully saturated rings. The summed E-state index contributed by atoms with van der Waals surface area (Å²) in [5.41, 5.74) is 1.18. The van der Waals surface area contributed by atoms with E-state index in [-0.39, 0.29) is 18.0 Å². The van der Waals surface area contributed by atoms with Crippen molar-refractivity contribution in [2.24, 2.45) is 4.99 Å². The smallest absolute Gasteiger partial charge is 0.191 e. The molecule has 1 heterocycles. The SMILES string of the molecule is CN=C(NCc1ccc(F)c(CO)c1)NCC(C)(C)N1CCOCC1. The number of nitrogens with zero attached hydrogens (tertiary/aromatic N) is 2. The Hall–Kier alpha value is -1.70. The monoisotopic (exact) mass is 352 g/mol. The van der Waals surface area contributed by atoms with E-state index in [1.807, 2.05) is 0 Å². The van der Waals surface area contributed by atoms with Gasteiger partial charge in [-0.3, -0.25) is 9.89 Å². The summed E-state index contributed by atoms with van der Waals surface area (Å²) in [5, 5.41) is 15.7. The van der Waals surface area contributed by atoms with Crippen LogP contribution in [-0.2, 0) is 17.9 Å².